The first-order chi connectivity index (χ1) is 10.8. The SMILES string of the molecule is CON(C)S(=O)(=O)c1ccc(C(=O)Nc2ccc(C)cn2)cc1. The van der Waals surface area contributed by atoms with Crippen LogP contribution in [0.15, 0.2) is 47.5 Å². The van der Waals surface area contributed by atoms with Gasteiger partial charge in [0.1, 0.15) is 5.82 Å². The second-order valence-electron chi connectivity index (χ2n) is 4.80. The molecule has 0 saturated heterocycles. The van der Waals surface area contributed by atoms with E-state index in [1.54, 1.807) is 12.3 Å². The minimum Gasteiger partial charge on any atom is -0.307 e. The van der Waals surface area contributed by atoms with Crippen molar-refractivity contribution in [2.24, 2.45) is 0 Å². The first kappa shape index (κ1) is 17.1. The van der Waals surface area contributed by atoms with Crippen molar-refractivity contribution in [2.75, 3.05) is 19.5 Å². The summed E-state index contributed by atoms with van der Waals surface area (Å²) in [5, 5.41) is 2.64. The van der Waals surface area contributed by atoms with Crippen LogP contribution in [0.2, 0.25) is 0 Å². The molecule has 0 aliphatic carbocycles. The number of amides is 1. The van der Waals surface area contributed by atoms with E-state index in [0.29, 0.717) is 11.4 Å². The van der Waals surface area contributed by atoms with Crippen LogP contribution < -0.4 is 5.32 Å². The molecule has 23 heavy (non-hydrogen) atoms. The van der Waals surface area contributed by atoms with Gasteiger partial charge in [-0.15, -0.1) is 0 Å². The van der Waals surface area contributed by atoms with Gasteiger partial charge in [-0.2, -0.15) is 0 Å². The summed E-state index contributed by atoms with van der Waals surface area (Å²) in [5.74, 6) is 0.0572. The van der Waals surface area contributed by atoms with E-state index in [1.165, 1.54) is 38.4 Å². The predicted molar refractivity (Wildman–Crippen MR) is 85.3 cm³/mol. The Morgan fingerprint density at radius 2 is 1.83 bits per heavy atom. The van der Waals surface area contributed by atoms with E-state index >= 15 is 0 Å². The van der Waals surface area contributed by atoms with Crippen molar-refractivity contribution >= 4 is 21.7 Å². The first-order valence-electron chi connectivity index (χ1n) is 6.71. The van der Waals surface area contributed by atoms with Crippen LogP contribution in [0.1, 0.15) is 15.9 Å². The van der Waals surface area contributed by atoms with E-state index in [-0.39, 0.29) is 10.8 Å². The van der Waals surface area contributed by atoms with Gasteiger partial charge in [0, 0.05) is 18.8 Å². The molecule has 0 atom stereocenters. The van der Waals surface area contributed by atoms with Crippen molar-refractivity contribution < 1.29 is 18.0 Å². The van der Waals surface area contributed by atoms with Gasteiger partial charge in [-0.25, -0.2) is 13.4 Å². The zero-order chi connectivity index (χ0) is 17.0. The lowest BCUT2D eigenvalue weighted by atomic mass is 10.2. The number of aromatic nitrogens is 1. The molecule has 1 heterocycles. The lowest BCUT2D eigenvalue weighted by Gasteiger charge is -2.14. The number of carbonyl (C=O) groups is 1. The van der Waals surface area contributed by atoms with E-state index in [2.05, 4.69) is 10.3 Å². The summed E-state index contributed by atoms with van der Waals surface area (Å²) >= 11 is 0. The Kier molecular flexibility index (Phi) is 5.09. The number of nitrogens with one attached hydrogen (secondary N) is 1. The van der Waals surface area contributed by atoms with Gasteiger partial charge in [-0.05, 0) is 42.8 Å². The van der Waals surface area contributed by atoms with E-state index in [9.17, 15) is 13.2 Å². The quantitative estimate of drug-likeness (QED) is 0.842. The van der Waals surface area contributed by atoms with Crippen LogP contribution in [-0.4, -0.2) is 37.9 Å². The smallest absolute Gasteiger partial charge is 0.264 e. The largest absolute Gasteiger partial charge is 0.307 e. The number of benzene rings is 1. The van der Waals surface area contributed by atoms with Crippen LogP contribution >= 0.6 is 0 Å². The van der Waals surface area contributed by atoms with Gasteiger partial charge in [-0.1, -0.05) is 10.5 Å². The fourth-order valence-corrected chi connectivity index (χ4v) is 2.73. The topological polar surface area (TPSA) is 88.6 Å². The molecule has 122 valence electrons. The number of pyridine rings is 1. The van der Waals surface area contributed by atoms with Crippen LogP contribution in [0, 0.1) is 6.92 Å². The number of hydrogen-bond acceptors (Lipinski definition) is 5. The number of hydrogen-bond donors (Lipinski definition) is 1. The molecule has 8 heteroatoms. The molecule has 0 saturated carbocycles. The lowest BCUT2D eigenvalue weighted by Crippen LogP contribution is -2.25. The normalized spacial score (nSPS) is 11.5. The monoisotopic (exact) mass is 335 g/mol. The summed E-state index contributed by atoms with van der Waals surface area (Å²) in [7, 11) is -1.18. The third-order valence-corrected chi connectivity index (χ3v) is 4.86. The Hall–Kier alpha value is -2.29. The molecule has 2 rings (SSSR count). The molecule has 7 nitrogen and oxygen atoms in total. The molecule has 1 amide bonds. The first-order valence-corrected chi connectivity index (χ1v) is 8.15. The van der Waals surface area contributed by atoms with E-state index in [4.69, 9.17) is 4.84 Å². The van der Waals surface area contributed by atoms with Crippen molar-refractivity contribution in [2.45, 2.75) is 11.8 Å². The number of anilines is 1. The van der Waals surface area contributed by atoms with Crippen LogP contribution in [0.4, 0.5) is 5.82 Å². The number of hydroxylamine groups is 1. The maximum Gasteiger partial charge on any atom is 0.264 e. The van der Waals surface area contributed by atoms with Gasteiger partial charge in [0.2, 0.25) is 0 Å². The zero-order valence-electron chi connectivity index (χ0n) is 13.0. The third kappa shape index (κ3) is 3.92. The van der Waals surface area contributed by atoms with Crippen LogP contribution in [-0.2, 0) is 14.9 Å². The van der Waals surface area contributed by atoms with Crippen LogP contribution in [0.5, 0.6) is 0 Å². The maximum atomic E-state index is 12.1. The summed E-state index contributed by atoms with van der Waals surface area (Å²) in [4.78, 5) is 20.9. The van der Waals surface area contributed by atoms with Gasteiger partial charge in [-0.3, -0.25) is 9.63 Å². The van der Waals surface area contributed by atoms with Crippen molar-refractivity contribution in [1.29, 1.82) is 0 Å². The van der Waals surface area contributed by atoms with E-state index in [1.807, 2.05) is 13.0 Å². The highest BCUT2D eigenvalue weighted by atomic mass is 32.2. The van der Waals surface area contributed by atoms with Gasteiger partial charge >= 0.3 is 0 Å². The second kappa shape index (κ2) is 6.86. The fourth-order valence-electron chi connectivity index (χ4n) is 1.76. The van der Waals surface area contributed by atoms with Crippen LogP contribution in [0.25, 0.3) is 0 Å². The highest BCUT2D eigenvalue weighted by Crippen LogP contribution is 2.16. The average molecular weight is 335 g/mol. The molecule has 0 radical (unpaired) electrons. The minimum absolute atomic E-state index is 0.0341. The minimum atomic E-state index is -3.73. The zero-order valence-corrected chi connectivity index (χ0v) is 13.8. The molecule has 0 unspecified atom stereocenters. The number of rotatable bonds is 5. The molecule has 2 aromatic rings. The Morgan fingerprint density at radius 1 is 1.17 bits per heavy atom. The highest BCUT2D eigenvalue weighted by molar-refractivity contribution is 7.89. The molecule has 0 aliphatic rings. The molecule has 0 fully saturated rings. The number of aryl methyl sites for hydroxylation is 1. The van der Waals surface area contributed by atoms with Crippen molar-refractivity contribution in [3.05, 3.63) is 53.7 Å². The molecule has 1 aromatic carbocycles. The molecule has 1 aromatic heterocycles. The van der Waals surface area contributed by atoms with Crippen molar-refractivity contribution in [1.82, 2.24) is 9.45 Å². The lowest BCUT2D eigenvalue weighted by molar-refractivity contribution is -0.0258. The summed E-state index contributed by atoms with van der Waals surface area (Å²) in [6.45, 7) is 1.90. The number of carbonyl (C=O) groups excluding carboxylic acids is 1. The van der Waals surface area contributed by atoms with Gasteiger partial charge in [0.05, 0.1) is 12.0 Å². The Balaban J connectivity index is 2.16. The van der Waals surface area contributed by atoms with Gasteiger partial charge < -0.3 is 5.32 Å². The molecule has 0 aliphatic heterocycles. The van der Waals surface area contributed by atoms with Crippen LogP contribution in [0.3, 0.4) is 0 Å². The molecule has 0 bridgehead atoms. The summed E-state index contributed by atoms with van der Waals surface area (Å²) < 4.78 is 24.9. The third-order valence-electron chi connectivity index (χ3n) is 3.16. The highest BCUT2D eigenvalue weighted by Gasteiger charge is 2.21. The summed E-state index contributed by atoms with van der Waals surface area (Å²) in [5.41, 5.74) is 1.31. The fraction of sp³-hybridized carbons (Fsp3) is 0.200. The molecule has 1 N–H and O–H groups in total. The Bertz CT molecular complexity index is 786. The van der Waals surface area contributed by atoms with E-state index < -0.39 is 10.0 Å². The number of sulfonamides is 1. The number of nitrogens with zero attached hydrogens (tertiary/aromatic N) is 2. The van der Waals surface area contributed by atoms with Gasteiger partial charge in [0.15, 0.2) is 0 Å². The maximum absolute atomic E-state index is 12.1. The van der Waals surface area contributed by atoms with Gasteiger partial charge in [0.25, 0.3) is 15.9 Å². The standard InChI is InChI=1S/C15H17N3O4S/c1-11-4-9-14(16-10-11)17-15(19)12-5-7-13(8-6-12)23(20,21)18(2)22-3/h4-10H,1-3H3,(H,16,17,19). The predicted octanol–water partition coefficient (Wildman–Crippen LogP) is 1.82. The van der Waals surface area contributed by atoms with Crippen molar-refractivity contribution in [3.8, 4) is 0 Å². The van der Waals surface area contributed by atoms with Crippen molar-refractivity contribution in [3.63, 3.8) is 0 Å². The molecular weight excluding hydrogens is 318 g/mol. The Morgan fingerprint density at radius 3 is 2.35 bits per heavy atom. The second-order valence-corrected chi connectivity index (χ2v) is 6.73. The van der Waals surface area contributed by atoms with E-state index in [0.717, 1.165) is 10.0 Å². The Labute approximate surface area is 134 Å². The summed E-state index contributed by atoms with van der Waals surface area (Å²) in [6.07, 6.45) is 1.64. The average Bonchev–Trinajstić information content (AvgIpc) is 2.56. The molecular formula is C15H17N3O4S. The summed E-state index contributed by atoms with van der Waals surface area (Å²) in [6, 6.07) is 9.09. The molecule has 0 spiro atoms.